The van der Waals surface area contributed by atoms with Crippen LogP contribution in [0.3, 0.4) is 0 Å². The third-order valence-electron chi connectivity index (χ3n) is 3.63. The highest BCUT2D eigenvalue weighted by atomic mass is 16.7. The van der Waals surface area contributed by atoms with E-state index in [1.165, 1.54) is 0 Å². The minimum atomic E-state index is -0.881. The fourth-order valence-electron chi connectivity index (χ4n) is 2.66. The van der Waals surface area contributed by atoms with Gasteiger partial charge in [0.2, 0.25) is 0 Å². The summed E-state index contributed by atoms with van der Waals surface area (Å²) in [5.74, 6) is 0.490. The van der Waals surface area contributed by atoms with Gasteiger partial charge in [0.05, 0.1) is 13.0 Å². The van der Waals surface area contributed by atoms with E-state index in [4.69, 9.17) is 24.1 Å². The SMILES string of the molecule is C=CCOc1ccc2c(c1)[C@H](CCOCOC)[C@@H](CC(=O)O)O2. The van der Waals surface area contributed by atoms with Gasteiger partial charge >= 0.3 is 5.97 Å². The fourth-order valence-corrected chi connectivity index (χ4v) is 2.66. The number of methoxy groups -OCH3 is 1. The standard InChI is InChI=1S/C17H22O6/c1-3-7-22-12-4-5-15-14(9-12)13(6-8-21-11-20-2)16(23-15)10-17(18)19/h3-5,9,13,16H,1,6-8,10-11H2,2H3,(H,18,19)/t13-,16+/m0/s1. The Balaban J connectivity index is 2.12. The molecule has 0 saturated carbocycles. The average Bonchev–Trinajstić information content (AvgIpc) is 2.85. The third-order valence-corrected chi connectivity index (χ3v) is 3.63. The lowest BCUT2D eigenvalue weighted by molar-refractivity contribution is -0.139. The van der Waals surface area contributed by atoms with Crippen molar-refractivity contribution in [1.82, 2.24) is 0 Å². The number of hydrogen-bond donors (Lipinski definition) is 1. The molecule has 2 rings (SSSR count). The van der Waals surface area contributed by atoms with Crippen LogP contribution in [0, 0.1) is 0 Å². The van der Waals surface area contributed by atoms with Gasteiger partial charge < -0.3 is 24.1 Å². The molecule has 2 atom stereocenters. The molecular weight excluding hydrogens is 300 g/mol. The van der Waals surface area contributed by atoms with Gasteiger partial charge in [-0.2, -0.15) is 0 Å². The second-order valence-electron chi connectivity index (χ2n) is 5.26. The second kappa shape index (κ2) is 8.55. The lowest BCUT2D eigenvalue weighted by Crippen LogP contribution is -2.23. The Kier molecular flexibility index (Phi) is 6.43. The molecule has 0 spiro atoms. The molecule has 1 aromatic carbocycles. The second-order valence-corrected chi connectivity index (χ2v) is 5.26. The summed E-state index contributed by atoms with van der Waals surface area (Å²) >= 11 is 0. The highest BCUT2D eigenvalue weighted by Crippen LogP contribution is 2.43. The van der Waals surface area contributed by atoms with E-state index in [1.54, 1.807) is 13.2 Å². The lowest BCUT2D eigenvalue weighted by atomic mass is 9.91. The number of carboxylic acids is 1. The van der Waals surface area contributed by atoms with Gasteiger partial charge in [0, 0.05) is 18.6 Å². The van der Waals surface area contributed by atoms with Crippen molar-refractivity contribution in [2.45, 2.75) is 24.9 Å². The fraction of sp³-hybridized carbons (Fsp3) is 0.471. The summed E-state index contributed by atoms with van der Waals surface area (Å²) < 4.78 is 21.5. The van der Waals surface area contributed by atoms with Crippen LogP contribution in [-0.2, 0) is 14.3 Å². The van der Waals surface area contributed by atoms with Gasteiger partial charge in [-0.15, -0.1) is 0 Å². The molecule has 0 aromatic heterocycles. The topological polar surface area (TPSA) is 74.2 Å². The van der Waals surface area contributed by atoms with E-state index in [0.717, 1.165) is 5.56 Å². The average molecular weight is 322 g/mol. The van der Waals surface area contributed by atoms with Crippen LogP contribution < -0.4 is 9.47 Å². The van der Waals surface area contributed by atoms with Crippen LogP contribution in [0.1, 0.15) is 24.3 Å². The van der Waals surface area contributed by atoms with Gasteiger partial charge in [-0.05, 0) is 24.6 Å². The molecule has 0 aliphatic carbocycles. The van der Waals surface area contributed by atoms with Gasteiger partial charge in [0.1, 0.15) is 31.0 Å². The molecule has 0 radical (unpaired) electrons. The molecule has 6 nitrogen and oxygen atoms in total. The minimum absolute atomic E-state index is 0.0491. The van der Waals surface area contributed by atoms with E-state index in [9.17, 15) is 4.79 Å². The first-order valence-electron chi connectivity index (χ1n) is 7.48. The minimum Gasteiger partial charge on any atom is -0.490 e. The normalized spacial score (nSPS) is 19.0. The molecule has 1 aliphatic rings. The van der Waals surface area contributed by atoms with Crippen LogP contribution in [0.5, 0.6) is 11.5 Å². The Morgan fingerprint density at radius 2 is 2.30 bits per heavy atom. The number of fused-ring (bicyclic) bond motifs is 1. The predicted molar refractivity (Wildman–Crippen MR) is 84.0 cm³/mol. The Bertz CT molecular complexity index is 542. The van der Waals surface area contributed by atoms with Gasteiger partial charge in [-0.3, -0.25) is 4.79 Å². The van der Waals surface area contributed by atoms with Crippen LogP contribution in [0.4, 0.5) is 0 Å². The van der Waals surface area contributed by atoms with Crippen LogP contribution >= 0.6 is 0 Å². The first kappa shape index (κ1) is 17.3. The smallest absolute Gasteiger partial charge is 0.307 e. The first-order valence-corrected chi connectivity index (χ1v) is 7.48. The maximum atomic E-state index is 11.1. The molecule has 0 bridgehead atoms. The lowest BCUT2D eigenvalue weighted by Gasteiger charge is -2.17. The van der Waals surface area contributed by atoms with E-state index in [-0.39, 0.29) is 19.1 Å². The van der Waals surface area contributed by atoms with Crippen LogP contribution in [-0.4, -0.2) is 44.3 Å². The van der Waals surface area contributed by atoms with Crippen molar-refractivity contribution >= 4 is 5.97 Å². The third kappa shape index (κ3) is 4.71. The van der Waals surface area contributed by atoms with E-state index in [2.05, 4.69) is 6.58 Å². The molecular formula is C17H22O6. The zero-order chi connectivity index (χ0) is 16.7. The predicted octanol–water partition coefficient (Wildman–Crippen LogP) is 2.58. The molecule has 23 heavy (non-hydrogen) atoms. The Hall–Kier alpha value is -2.05. The quantitative estimate of drug-likeness (QED) is 0.405. The number of aliphatic carboxylic acids is 1. The number of hydrogen-bond acceptors (Lipinski definition) is 5. The summed E-state index contributed by atoms with van der Waals surface area (Å²) in [5.41, 5.74) is 0.957. The summed E-state index contributed by atoms with van der Waals surface area (Å²) in [7, 11) is 1.56. The van der Waals surface area contributed by atoms with Crippen molar-refractivity contribution in [3.8, 4) is 11.5 Å². The first-order chi connectivity index (χ1) is 11.2. The van der Waals surface area contributed by atoms with Crippen molar-refractivity contribution in [2.24, 2.45) is 0 Å². The molecule has 0 amide bonds. The maximum Gasteiger partial charge on any atom is 0.307 e. The molecule has 0 unspecified atom stereocenters. The summed E-state index contributed by atoms with van der Waals surface area (Å²) in [6.45, 7) is 4.72. The molecule has 1 aliphatic heterocycles. The maximum absolute atomic E-state index is 11.1. The highest BCUT2D eigenvalue weighted by Gasteiger charge is 2.35. The van der Waals surface area contributed by atoms with Crippen molar-refractivity contribution in [3.63, 3.8) is 0 Å². The molecule has 1 heterocycles. The summed E-state index contributed by atoms with van der Waals surface area (Å²) in [6.07, 6.45) is 1.88. The number of ether oxygens (including phenoxy) is 4. The van der Waals surface area contributed by atoms with Crippen molar-refractivity contribution in [2.75, 3.05) is 27.1 Å². The molecule has 0 saturated heterocycles. The zero-order valence-corrected chi connectivity index (χ0v) is 13.2. The van der Waals surface area contributed by atoms with Crippen molar-refractivity contribution in [3.05, 3.63) is 36.4 Å². The van der Waals surface area contributed by atoms with Crippen LogP contribution in [0.15, 0.2) is 30.9 Å². The van der Waals surface area contributed by atoms with Gasteiger partial charge in [0.25, 0.3) is 0 Å². The molecule has 6 heteroatoms. The van der Waals surface area contributed by atoms with Gasteiger partial charge in [-0.1, -0.05) is 12.7 Å². The Morgan fingerprint density at radius 3 is 3.00 bits per heavy atom. The summed E-state index contributed by atoms with van der Waals surface area (Å²) in [4.78, 5) is 11.1. The number of carboxylic acid groups (broad SMARTS) is 1. The largest absolute Gasteiger partial charge is 0.490 e. The number of carbonyl (C=O) groups is 1. The van der Waals surface area contributed by atoms with Crippen molar-refractivity contribution in [1.29, 1.82) is 0 Å². The van der Waals surface area contributed by atoms with E-state index in [1.807, 2.05) is 18.2 Å². The molecule has 1 aromatic rings. The van der Waals surface area contributed by atoms with Gasteiger partial charge in [-0.25, -0.2) is 0 Å². The van der Waals surface area contributed by atoms with Crippen LogP contribution in [0.25, 0.3) is 0 Å². The van der Waals surface area contributed by atoms with Crippen LogP contribution in [0.2, 0.25) is 0 Å². The monoisotopic (exact) mass is 322 g/mol. The number of rotatable bonds is 10. The van der Waals surface area contributed by atoms with E-state index < -0.39 is 12.1 Å². The zero-order valence-electron chi connectivity index (χ0n) is 13.2. The molecule has 126 valence electrons. The van der Waals surface area contributed by atoms with E-state index in [0.29, 0.717) is 31.1 Å². The molecule has 1 N–H and O–H groups in total. The van der Waals surface area contributed by atoms with Gasteiger partial charge in [0.15, 0.2) is 0 Å². The summed E-state index contributed by atoms with van der Waals surface area (Å²) in [5, 5.41) is 9.08. The Morgan fingerprint density at radius 1 is 1.48 bits per heavy atom. The summed E-state index contributed by atoms with van der Waals surface area (Å²) in [6, 6.07) is 5.53. The van der Waals surface area contributed by atoms with E-state index >= 15 is 0 Å². The molecule has 0 fully saturated rings. The number of benzene rings is 1. The highest BCUT2D eigenvalue weighted by molar-refractivity contribution is 5.68. The van der Waals surface area contributed by atoms with Crippen molar-refractivity contribution < 1.29 is 28.8 Å². The Labute approximate surface area is 135 Å².